The summed E-state index contributed by atoms with van der Waals surface area (Å²) in [5.74, 6) is -4.23. The van der Waals surface area contributed by atoms with Crippen LogP contribution < -0.4 is 14.8 Å². The standard InChI is InChI=1S/C23H16F5NO5/c1-33-18-10-14(25)4-7-17(18)34-19-9-12(11-24)8-16(23(26,27)28)20(19)21(30)29-15-5-2-13(3-6-15)22(31)32/h2-10H,11H2,1H3,(H,29,30)(H,31,32). The number of halogens is 5. The van der Waals surface area contributed by atoms with Gasteiger partial charge in [0.25, 0.3) is 5.91 Å². The minimum atomic E-state index is -5.06. The van der Waals surface area contributed by atoms with Gasteiger partial charge in [0.2, 0.25) is 0 Å². The second-order valence-electron chi connectivity index (χ2n) is 6.88. The zero-order valence-electron chi connectivity index (χ0n) is 17.4. The number of methoxy groups -OCH3 is 1. The lowest BCUT2D eigenvalue weighted by atomic mass is 10.0. The molecule has 2 N–H and O–H groups in total. The van der Waals surface area contributed by atoms with Crippen LogP contribution >= 0.6 is 0 Å². The fraction of sp³-hybridized carbons (Fsp3) is 0.130. The molecule has 0 radical (unpaired) electrons. The van der Waals surface area contributed by atoms with Gasteiger partial charge in [0, 0.05) is 11.8 Å². The van der Waals surface area contributed by atoms with Crippen LogP contribution in [0.15, 0.2) is 54.6 Å². The number of ether oxygens (including phenoxy) is 2. The van der Waals surface area contributed by atoms with Gasteiger partial charge in [-0.1, -0.05) is 0 Å². The number of carboxylic acids is 1. The fourth-order valence-electron chi connectivity index (χ4n) is 3.02. The van der Waals surface area contributed by atoms with Gasteiger partial charge in [-0.3, -0.25) is 4.79 Å². The number of rotatable bonds is 7. The van der Waals surface area contributed by atoms with Gasteiger partial charge in [0.15, 0.2) is 11.5 Å². The number of carbonyl (C=O) groups is 2. The van der Waals surface area contributed by atoms with Crippen LogP contribution in [0.25, 0.3) is 0 Å². The molecule has 3 rings (SSSR count). The van der Waals surface area contributed by atoms with Crippen LogP contribution in [0.3, 0.4) is 0 Å². The Morgan fingerprint density at radius 1 is 0.971 bits per heavy atom. The number of amides is 1. The summed E-state index contributed by atoms with van der Waals surface area (Å²) < 4.78 is 78.8. The molecule has 3 aromatic rings. The summed E-state index contributed by atoms with van der Waals surface area (Å²) in [6.07, 6.45) is -5.06. The first kappa shape index (κ1) is 24.5. The molecule has 0 fully saturated rings. The minimum absolute atomic E-state index is 0.00278. The van der Waals surface area contributed by atoms with E-state index in [1.807, 2.05) is 0 Å². The summed E-state index contributed by atoms with van der Waals surface area (Å²) in [6, 6.07) is 9.04. The largest absolute Gasteiger partial charge is 0.493 e. The van der Waals surface area contributed by atoms with E-state index < -0.39 is 53.0 Å². The maximum Gasteiger partial charge on any atom is 0.417 e. The molecule has 0 aliphatic rings. The van der Waals surface area contributed by atoms with Crippen molar-refractivity contribution in [1.29, 1.82) is 0 Å². The van der Waals surface area contributed by atoms with E-state index in [1.165, 1.54) is 19.2 Å². The molecular weight excluding hydrogens is 465 g/mol. The predicted octanol–water partition coefficient (Wildman–Crippen LogP) is 6.07. The Hall–Kier alpha value is -4.15. The zero-order chi connectivity index (χ0) is 25.0. The monoisotopic (exact) mass is 481 g/mol. The Balaban J connectivity index is 2.11. The molecule has 0 unspecified atom stereocenters. The van der Waals surface area contributed by atoms with E-state index in [9.17, 15) is 31.5 Å². The molecule has 6 nitrogen and oxygen atoms in total. The quantitative estimate of drug-likeness (QED) is 0.401. The number of carboxylic acid groups (broad SMARTS) is 1. The van der Waals surface area contributed by atoms with Gasteiger partial charge in [-0.2, -0.15) is 13.2 Å². The van der Waals surface area contributed by atoms with Crippen molar-refractivity contribution in [1.82, 2.24) is 0 Å². The second kappa shape index (κ2) is 9.77. The molecule has 0 saturated heterocycles. The molecule has 0 aromatic heterocycles. The molecule has 0 heterocycles. The van der Waals surface area contributed by atoms with Crippen molar-refractivity contribution >= 4 is 17.6 Å². The summed E-state index contributed by atoms with van der Waals surface area (Å²) in [5.41, 5.74) is -2.93. The molecule has 178 valence electrons. The van der Waals surface area contributed by atoms with Crippen molar-refractivity contribution < 1.29 is 46.1 Å². The average molecular weight is 481 g/mol. The third kappa shape index (κ3) is 5.42. The first-order chi connectivity index (χ1) is 16.0. The van der Waals surface area contributed by atoms with E-state index in [1.54, 1.807) is 0 Å². The Bertz CT molecular complexity index is 1230. The molecule has 0 spiro atoms. The van der Waals surface area contributed by atoms with E-state index >= 15 is 0 Å². The number of carbonyl (C=O) groups excluding carboxylic acids is 1. The van der Waals surface area contributed by atoms with Crippen molar-refractivity contribution in [2.24, 2.45) is 0 Å². The number of alkyl halides is 4. The molecule has 11 heteroatoms. The molecule has 0 atom stereocenters. The van der Waals surface area contributed by atoms with E-state index in [0.717, 1.165) is 36.4 Å². The van der Waals surface area contributed by atoms with Crippen molar-refractivity contribution in [2.45, 2.75) is 12.9 Å². The van der Waals surface area contributed by atoms with E-state index in [4.69, 9.17) is 14.6 Å². The van der Waals surface area contributed by atoms with Crippen LogP contribution in [0.2, 0.25) is 0 Å². The third-order valence-corrected chi connectivity index (χ3v) is 4.58. The van der Waals surface area contributed by atoms with Crippen molar-refractivity contribution in [3.63, 3.8) is 0 Å². The molecule has 0 saturated carbocycles. The Labute approximate surface area is 189 Å². The first-order valence-electron chi connectivity index (χ1n) is 9.49. The van der Waals surface area contributed by atoms with Gasteiger partial charge in [-0.05, 0) is 54.1 Å². The second-order valence-corrected chi connectivity index (χ2v) is 6.88. The van der Waals surface area contributed by atoms with Crippen LogP contribution in [0, 0.1) is 5.82 Å². The van der Waals surface area contributed by atoms with Gasteiger partial charge in [-0.25, -0.2) is 13.6 Å². The Morgan fingerprint density at radius 2 is 1.65 bits per heavy atom. The summed E-state index contributed by atoms with van der Waals surface area (Å²) in [5, 5.41) is 11.2. The van der Waals surface area contributed by atoms with Gasteiger partial charge >= 0.3 is 12.1 Å². The van der Waals surface area contributed by atoms with Gasteiger partial charge in [0.1, 0.15) is 18.2 Å². The molecular formula is C23H16F5NO5. The van der Waals surface area contributed by atoms with Crippen molar-refractivity contribution in [2.75, 3.05) is 12.4 Å². The number of hydrogen-bond donors (Lipinski definition) is 2. The van der Waals surface area contributed by atoms with Crippen LogP contribution in [0.4, 0.5) is 27.6 Å². The lowest BCUT2D eigenvalue weighted by Crippen LogP contribution is -2.20. The molecule has 34 heavy (non-hydrogen) atoms. The predicted molar refractivity (Wildman–Crippen MR) is 111 cm³/mol. The Morgan fingerprint density at radius 3 is 2.21 bits per heavy atom. The summed E-state index contributed by atoms with van der Waals surface area (Å²) in [4.78, 5) is 23.9. The van der Waals surface area contributed by atoms with Crippen LogP contribution in [-0.4, -0.2) is 24.1 Å². The van der Waals surface area contributed by atoms with Crippen molar-refractivity contribution in [3.05, 3.63) is 82.7 Å². The van der Waals surface area contributed by atoms with Crippen LogP contribution in [0.1, 0.15) is 31.8 Å². The van der Waals surface area contributed by atoms with E-state index in [2.05, 4.69) is 5.32 Å². The topological polar surface area (TPSA) is 84.9 Å². The van der Waals surface area contributed by atoms with Crippen LogP contribution in [-0.2, 0) is 12.9 Å². The molecule has 3 aromatic carbocycles. The molecule has 1 amide bonds. The summed E-state index contributed by atoms with van der Waals surface area (Å²) in [7, 11) is 1.18. The maximum atomic E-state index is 13.8. The number of hydrogen-bond acceptors (Lipinski definition) is 4. The van der Waals surface area contributed by atoms with Gasteiger partial charge < -0.3 is 19.9 Å². The number of nitrogens with one attached hydrogen (secondary N) is 1. The minimum Gasteiger partial charge on any atom is -0.493 e. The number of benzene rings is 3. The molecule has 0 bridgehead atoms. The zero-order valence-corrected chi connectivity index (χ0v) is 17.4. The summed E-state index contributed by atoms with van der Waals surface area (Å²) >= 11 is 0. The van der Waals surface area contributed by atoms with Crippen molar-refractivity contribution in [3.8, 4) is 17.2 Å². The highest BCUT2D eigenvalue weighted by Crippen LogP contribution is 2.41. The SMILES string of the molecule is COc1cc(F)ccc1Oc1cc(CF)cc(C(F)(F)F)c1C(=O)Nc1ccc(C(=O)O)cc1. The lowest BCUT2D eigenvalue weighted by Gasteiger charge is -2.19. The molecule has 0 aliphatic heterocycles. The fourth-order valence-corrected chi connectivity index (χ4v) is 3.02. The van der Waals surface area contributed by atoms with Gasteiger partial charge in [-0.15, -0.1) is 0 Å². The van der Waals surface area contributed by atoms with Crippen LogP contribution in [0.5, 0.6) is 17.2 Å². The number of aromatic carboxylic acids is 1. The smallest absolute Gasteiger partial charge is 0.417 e. The highest BCUT2D eigenvalue weighted by molar-refractivity contribution is 6.07. The van der Waals surface area contributed by atoms with E-state index in [-0.39, 0.29) is 22.7 Å². The summed E-state index contributed by atoms with van der Waals surface area (Å²) in [6.45, 7) is -1.28. The maximum absolute atomic E-state index is 13.8. The Kier molecular flexibility index (Phi) is 7.04. The van der Waals surface area contributed by atoms with E-state index in [0.29, 0.717) is 6.07 Å². The average Bonchev–Trinajstić information content (AvgIpc) is 2.79. The van der Waals surface area contributed by atoms with Gasteiger partial charge in [0.05, 0.1) is 23.8 Å². The highest BCUT2D eigenvalue weighted by Gasteiger charge is 2.38. The molecule has 0 aliphatic carbocycles. The normalized spacial score (nSPS) is 11.1. The first-order valence-corrected chi connectivity index (χ1v) is 9.49. The number of anilines is 1. The third-order valence-electron chi connectivity index (χ3n) is 4.58. The highest BCUT2D eigenvalue weighted by atomic mass is 19.4. The lowest BCUT2D eigenvalue weighted by molar-refractivity contribution is -0.138.